The Hall–Kier alpha value is -2.50. The molecule has 3 unspecified atom stereocenters. The summed E-state index contributed by atoms with van der Waals surface area (Å²) in [6, 6.07) is 11.0. The van der Waals surface area contributed by atoms with E-state index in [1.807, 2.05) is 12.1 Å². The Morgan fingerprint density at radius 3 is 2.77 bits per heavy atom. The maximum Gasteiger partial charge on any atom is 0.340 e. The summed E-state index contributed by atoms with van der Waals surface area (Å²) in [6.45, 7) is 3.95. The van der Waals surface area contributed by atoms with Crippen molar-refractivity contribution in [3.05, 3.63) is 70.3 Å². The average Bonchev–Trinajstić information content (AvgIpc) is 3.13. The highest BCUT2D eigenvalue weighted by Crippen LogP contribution is 2.49. The summed E-state index contributed by atoms with van der Waals surface area (Å²) in [5, 5.41) is 0.388. The monoisotopic (exact) mass is 427 g/mol. The Kier molecular flexibility index (Phi) is 6.02. The standard InChI is InChI=1S/C24H26ClNO4/c1-4-26(2)14-15-9-12-20(28-3)23-22(15)18-11-10-16(13-21(18)30-23)29-24(27)17-7-5-6-8-19(17)25/h5-12,16,18,21H,4,13-14H2,1-3H3. The largest absolute Gasteiger partial charge is 0.493 e. The van der Waals surface area contributed by atoms with Gasteiger partial charge in [0.05, 0.1) is 17.7 Å². The van der Waals surface area contributed by atoms with Gasteiger partial charge in [-0.15, -0.1) is 0 Å². The summed E-state index contributed by atoms with van der Waals surface area (Å²) in [7, 11) is 3.76. The molecule has 158 valence electrons. The number of hydrogen-bond acceptors (Lipinski definition) is 5. The van der Waals surface area contributed by atoms with E-state index < -0.39 is 5.97 Å². The predicted molar refractivity (Wildman–Crippen MR) is 117 cm³/mol. The van der Waals surface area contributed by atoms with Gasteiger partial charge in [0.1, 0.15) is 12.2 Å². The van der Waals surface area contributed by atoms with Crippen LogP contribution in [0.4, 0.5) is 0 Å². The van der Waals surface area contributed by atoms with Crippen molar-refractivity contribution in [1.82, 2.24) is 4.90 Å². The highest BCUT2D eigenvalue weighted by atomic mass is 35.5. The number of carbonyl (C=O) groups is 1. The van der Waals surface area contributed by atoms with E-state index in [2.05, 4.69) is 31.0 Å². The van der Waals surface area contributed by atoms with Crippen molar-refractivity contribution in [2.24, 2.45) is 0 Å². The van der Waals surface area contributed by atoms with Gasteiger partial charge in [0.2, 0.25) is 0 Å². The molecule has 0 saturated heterocycles. The molecule has 6 heteroatoms. The van der Waals surface area contributed by atoms with Crippen molar-refractivity contribution < 1.29 is 19.0 Å². The van der Waals surface area contributed by atoms with Gasteiger partial charge >= 0.3 is 5.97 Å². The van der Waals surface area contributed by atoms with Crippen LogP contribution in [0.1, 0.15) is 40.7 Å². The van der Waals surface area contributed by atoms with Gasteiger partial charge in [-0.2, -0.15) is 0 Å². The number of nitrogens with zero attached hydrogens (tertiary/aromatic N) is 1. The third-order valence-corrected chi connectivity index (χ3v) is 6.13. The molecule has 4 rings (SSSR count). The first kappa shape index (κ1) is 20.8. The molecule has 0 amide bonds. The lowest BCUT2D eigenvalue weighted by Crippen LogP contribution is -2.30. The van der Waals surface area contributed by atoms with Gasteiger partial charge in [-0.25, -0.2) is 4.79 Å². The van der Waals surface area contributed by atoms with Crippen LogP contribution in [0.15, 0.2) is 48.6 Å². The zero-order valence-electron chi connectivity index (χ0n) is 17.4. The summed E-state index contributed by atoms with van der Waals surface area (Å²) >= 11 is 6.13. The van der Waals surface area contributed by atoms with E-state index in [1.54, 1.807) is 31.4 Å². The Bertz CT molecular complexity index is 974. The highest BCUT2D eigenvalue weighted by molar-refractivity contribution is 6.33. The van der Waals surface area contributed by atoms with Crippen molar-refractivity contribution in [2.75, 3.05) is 20.7 Å². The Morgan fingerprint density at radius 2 is 2.03 bits per heavy atom. The number of halogens is 1. The van der Waals surface area contributed by atoms with Gasteiger partial charge in [0, 0.05) is 24.4 Å². The molecule has 3 atom stereocenters. The number of carbonyl (C=O) groups excluding carboxylic acids is 1. The molecule has 30 heavy (non-hydrogen) atoms. The minimum Gasteiger partial charge on any atom is -0.493 e. The minimum absolute atomic E-state index is 0.101. The molecule has 5 nitrogen and oxygen atoms in total. The lowest BCUT2D eigenvalue weighted by atomic mass is 9.85. The second-order valence-corrected chi connectivity index (χ2v) is 8.13. The predicted octanol–water partition coefficient (Wildman–Crippen LogP) is 4.83. The third-order valence-electron chi connectivity index (χ3n) is 5.80. The Balaban J connectivity index is 1.56. The Morgan fingerprint density at radius 1 is 1.23 bits per heavy atom. The first-order chi connectivity index (χ1) is 14.5. The second kappa shape index (κ2) is 8.70. The molecular formula is C24H26ClNO4. The maximum absolute atomic E-state index is 12.5. The molecular weight excluding hydrogens is 402 g/mol. The molecule has 1 heterocycles. The van der Waals surface area contributed by atoms with Crippen molar-refractivity contribution in [1.29, 1.82) is 0 Å². The van der Waals surface area contributed by atoms with Crippen LogP contribution in [0, 0.1) is 0 Å². The van der Waals surface area contributed by atoms with Crippen LogP contribution in [-0.4, -0.2) is 43.8 Å². The summed E-state index contributed by atoms with van der Waals surface area (Å²) in [6.07, 6.45) is 4.17. The molecule has 2 aromatic carbocycles. The quantitative estimate of drug-likeness (QED) is 0.488. The number of hydrogen-bond donors (Lipinski definition) is 0. The molecule has 0 spiro atoms. The lowest BCUT2D eigenvalue weighted by molar-refractivity contribution is 0.0281. The number of methoxy groups -OCH3 is 1. The van der Waals surface area contributed by atoms with Gasteiger partial charge in [0.25, 0.3) is 0 Å². The van der Waals surface area contributed by atoms with Crippen LogP contribution in [0.5, 0.6) is 11.5 Å². The van der Waals surface area contributed by atoms with Crippen LogP contribution in [-0.2, 0) is 11.3 Å². The van der Waals surface area contributed by atoms with E-state index >= 15 is 0 Å². The summed E-state index contributed by atoms with van der Waals surface area (Å²) in [5.41, 5.74) is 2.78. The van der Waals surface area contributed by atoms with Gasteiger partial charge < -0.3 is 19.1 Å². The highest BCUT2D eigenvalue weighted by Gasteiger charge is 2.41. The molecule has 0 fully saturated rings. The zero-order valence-corrected chi connectivity index (χ0v) is 18.2. The fourth-order valence-corrected chi connectivity index (χ4v) is 4.31. The molecule has 0 N–H and O–H groups in total. The number of benzene rings is 2. The zero-order chi connectivity index (χ0) is 21.3. The Labute approximate surface area is 182 Å². The van der Waals surface area contributed by atoms with Gasteiger partial charge in [-0.3, -0.25) is 0 Å². The second-order valence-electron chi connectivity index (χ2n) is 7.73. The van der Waals surface area contributed by atoms with Crippen LogP contribution in [0.3, 0.4) is 0 Å². The SMILES string of the molecule is CCN(C)Cc1ccc(OC)c2c1C1C=CC(OC(=O)c3ccccc3Cl)CC1O2. The van der Waals surface area contributed by atoms with Crippen molar-refractivity contribution in [2.45, 2.75) is 38.0 Å². The van der Waals surface area contributed by atoms with E-state index in [4.69, 9.17) is 25.8 Å². The summed E-state index contributed by atoms with van der Waals surface area (Å²) in [4.78, 5) is 14.8. The normalized spacial score (nSPS) is 21.7. The van der Waals surface area contributed by atoms with E-state index in [0.717, 1.165) is 24.6 Å². The van der Waals surface area contributed by atoms with Crippen molar-refractivity contribution in [3.63, 3.8) is 0 Å². The van der Waals surface area contributed by atoms with Gasteiger partial charge in [-0.1, -0.05) is 42.8 Å². The molecule has 0 radical (unpaired) electrons. The van der Waals surface area contributed by atoms with Crippen molar-refractivity contribution in [3.8, 4) is 11.5 Å². The molecule has 0 saturated carbocycles. The molecule has 1 aliphatic carbocycles. The lowest BCUT2D eigenvalue weighted by Gasteiger charge is -2.26. The molecule has 2 aliphatic rings. The average molecular weight is 428 g/mol. The molecule has 0 aromatic heterocycles. The van der Waals surface area contributed by atoms with Crippen LogP contribution in [0.25, 0.3) is 0 Å². The van der Waals surface area contributed by atoms with Crippen LogP contribution < -0.4 is 9.47 Å². The summed E-state index contributed by atoms with van der Waals surface area (Å²) < 4.78 is 17.6. The van der Waals surface area contributed by atoms with Crippen molar-refractivity contribution >= 4 is 17.6 Å². The molecule has 1 aliphatic heterocycles. The maximum atomic E-state index is 12.5. The third kappa shape index (κ3) is 3.92. The fourth-order valence-electron chi connectivity index (χ4n) is 4.10. The number of esters is 1. The smallest absolute Gasteiger partial charge is 0.340 e. The number of ether oxygens (including phenoxy) is 3. The van der Waals surface area contributed by atoms with Gasteiger partial charge in [0.15, 0.2) is 11.5 Å². The van der Waals surface area contributed by atoms with E-state index in [0.29, 0.717) is 17.0 Å². The number of rotatable bonds is 6. The molecule has 2 aromatic rings. The topological polar surface area (TPSA) is 48.0 Å². The summed E-state index contributed by atoms with van der Waals surface area (Å²) in [5.74, 6) is 1.23. The van der Waals surface area contributed by atoms with Gasteiger partial charge in [-0.05, 0) is 43.4 Å². The van der Waals surface area contributed by atoms with Crippen LogP contribution >= 0.6 is 11.6 Å². The van der Waals surface area contributed by atoms with E-state index in [-0.39, 0.29) is 18.1 Å². The fraction of sp³-hybridized carbons (Fsp3) is 0.375. The first-order valence-electron chi connectivity index (χ1n) is 10.2. The first-order valence-corrected chi connectivity index (χ1v) is 10.6. The molecule has 0 bridgehead atoms. The van der Waals surface area contributed by atoms with E-state index in [1.165, 1.54) is 11.1 Å². The van der Waals surface area contributed by atoms with E-state index in [9.17, 15) is 4.79 Å². The minimum atomic E-state index is -0.424. The van der Waals surface area contributed by atoms with Crippen LogP contribution in [0.2, 0.25) is 5.02 Å². The number of fused-ring (bicyclic) bond motifs is 3.